The van der Waals surface area contributed by atoms with Crippen molar-refractivity contribution in [1.29, 1.82) is 0 Å². The minimum absolute atomic E-state index is 0.0136. The van der Waals surface area contributed by atoms with Crippen molar-refractivity contribution in [2.75, 3.05) is 0 Å². The first-order valence-electron chi connectivity index (χ1n) is 6.06. The van der Waals surface area contributed by atoms with Gasteiger partial charge in [0.1, 0.15) is 5.75 Å². The molecule has 98 valence electrons. The predicted octanol–water partition coefficient (Wildman–Crippen LogP) is 2.33. The van der Waals surface area contributed by atoms with E-state index >= 15 is 0 Å². The summed E-state index contributed by atoms with van der Waals surface area (Å²) in [5.41, 5.74) is 2.91. The fourth-order valence-corrected chi connectivity index (χ4v) is 1.80. The quantitative estimate of drug-likeness (QED) is 0.886. The van der Waals surface area contributed by atoms with Gasteiger partial charge in [0.2, 0.25) is 0 Å². The molecule has 0 atom stereocenters. The largest absolute Gasteiger partial charge is 0.507 e. The zero-order chi connectivity index (χ0) is 13.8. The second-order valence-electron chi connectivity index (χ2n) is 4.47. The van der Waals surface area contributed by atoms with Crippen LogP contribution < -0.4 is 5.32 Å². The Morgan fingerprint density at radius 1 is 1.26 bits per heavy atom. The number of nitrogens with one attached hydrogen (secondary N) is 1. The molecule has 0 saturated carbocycles. The van der Waals surface area contributed by atoms with Crippen LogP contribution in [-0.2, 0) is 6.54 Å². The molecule has 0 aliphatic heterocycles. The van der Waals surface area contributed by atoms with Crippen LogP contribution in [0.4, 0.5) is 0 Å². The lowest BCUT2D eigenvalue weighted by molar-refractivity contribution is 0.0947. The highest BCUT2D eigenvalue weighted by Gasteiger charge is 2.10. The van der Waals surface area contributed by atoms with E-state index in [1.165, 1.54) is 6.07 Å². The molecule has 0 fully saturated rings. The fraction of sp³-hybridized carbons (Fsp3) is 0.200. The van der Waals surface area contributed by atoms with Crippen LogP contribution in [0.2, 0.25) is 0 Å². The maximum atomic E-state index is 12.0. The van der Waals surface area contributed by atoms with Crippen LogP contribution in [0.1, 0.15) is 27.3 Å². The van der Waals surface area contributed by atoms with Gasteiger partial charge in [-0.3, -0.25) is 9.78 Å². The molecule has 4 heteroatoms. The molecule has 0 bridgehead atoms. The van der Waals surface area contributed by atoms with Crippen molar-refractivity contribution < 1.29 is 9.90 Å². The first-order chi connectivity index (χ1) is 9.06. The van der Waals surface area contributed by atoms with Crippen molar-refractivity contribution in [1.82, 2.24) is 10.3 Å². The number of amides is 1. The van der Waals surface area contributed by atoms with Gasteiger partial charge in [-0.2, -0.15) is 0 Å². The molecule has 1 aromatic heterocycles. The average molecular weight is 256 g/mol. The van der Waals surface area contributed by atoms with Crippen molar-refractivity contribution in [3.63, 3.8) is 0 Å². The van der Waals surface area contributed by atoms with Gasteiger partial charge in [-0.05, 0) is 38.1 Å². The maximum Gasteiger partial charge on any atom is 0.255 e. The van der Waals surface area contributed by atoms with Gasteiger partial charge in [-0.1, -0.05) is 17.7 Å². The van der Waals surface area contributed by atoms with Crippen LogP contribution in [0, 0.1) is 13.8 Å². The molecule has 1 amide bonds. The van der Waals surface area contributed by atoms with Crippen LogP contribution in [-0.4, -0.2) is 16.0 Å². The van der Waals surface area contributed by atoms with Gasteiger partial charge in [0.25, 0.3) is 5.91 Å². The number of phenols is 1. The van der Waals surface area contributed by atoms with E-state index in [2.05, 4.69) is 10.3 Å². The molecule has 0 unspecified atom stereocenters. The fourth-order valence-electron chi connectivity index (χ4n) is 1.80. The Labute approximate surface area is 112 Å². The number of pyridine rings is 1. The van der Waals surface area contributed by atoms with Gasteiger partial charge >= 0.3 is 0 Å². The van der Waals surface area contributed by atoms with Crippen LogP contribution in [0.5, 0.6) is 5.75 Å². The van der Waals surface area contributed by atoms with E-state index in [0.29, 0.717) is 6.54 Å². The molecule has 0 spiro atoms. The summed E-state index contributed by atoms with van der Waals surface area (Å²) in [6.07, 6.45) is 0. The Bertz CT molecular complexity index is 609. The molecule has 2 N–H and O–H groups in total. The van der Waals surface area contributed by atoms with Gasteiger partial charge < -0.3 is 10.4 Å². The molecule has 0 radical (unpaired) electrons. The SMILES string of the molecule is Cc1ccc(O)c(C(=O)NCc2cccc(C)n2)c1. The number of nitrogens with zero attached hydrogens (tertiary/aromatic N) is 1. The lowest BCUT2D eigenvalue weighted by atomic mass is 10.1. The Morgan fingerprint density at radius 3 is 2.79 bits per heavy atom. The van der Waals surface area contributed by atoms with E-state index in [-0.39, 0.29) is 17.2 Å². The Morgan fingerprint density at radius 2 is 2.05 bits per heavy atom. The van der Waals surface area contributed by atoms with Crippen molar-refractivity contribution in [3.8, 4) is 5.75 Å². The first kappa shape index (κ1) is 13.1. The van der Waals surface area contributed by atoms with Crippen LogP contribution in [0.25, 0.3) is 0 Å². The summed E-state index contributed by atoms with van der Waals surface area (Å²) in [4.78, 5) is 16.3. The summed E-state index contributed by atoms with van der Waals surface area (Å²) < 4.78 is 0. The summed E-state index contributed by atoms with van der Waals surface area (Å²) in [6, 6.07) is 10.6. The number of aryl methyl sites for hydroxylation is 2. The van der Waals surface area contributed by atoms with E-state index in [1.807, 2.05) is 32.0 Å². The lowest BCUT2D eigenvalue weighted by Gasteiger charge is -2.07. The summed E-state index contributed by atoms with van der Waals surface area (Å²) in [7, 11) is 0. The van der Waals surface area contributed by atoms with E-state index in [0.717, 1.165) is 17.0 Å². The number of rotatable bonds is 3. The highest BCUT2D eigenvalue weighted by atomic mass is 16.3. The highest BCUT2D eigenvalue weighted by Crippen LogP contribution is 2.17. The number of carbonyl (C=O) groups excluding carboxylic acids is 1. The molecule has 2 aromatic rings. The molecule has 1 aromatic carbocycles. The summed E-state index contributed by atoms with van der Waals surface area (Å²) in [5.74, 6) is -0.315. The second-order valence-corrected chi connectivity index (χ2v) is 4.47. The Kier molecular flexibility index (Phi) is 3.80. The predicted molar refractivity (Wildman–Crippen MR) is 73.0 cm³/mol. The number of phenolic OH excluding ortho intramolecular Hbond substituents is 1. The van der Waals surface area contributed by atoms with E-state index in [4.69, 9.17) is 0 Å². The number of hydrogen-bond donors (Lipinski definition) is 2. The Balaban J connectivity index is 2.07. The second kappa shape index (κ2) is 5.52. The minimum atomic E-state index is -0.301. The highest BCUT2D eigenvalue weighted by molar-refractivity contribution is 5.96. The van der Waals surface area contributed by atoms with E-state index in [9.17, 15) is 9.90 Å². The number of carbonyl (C=O) groups is 1. The minimum Gasteiger partial charge on any atom is -0.507 e. The first-order valence-corrected chi connectivity index (χ1v) is 6.06. The van der Waals surface area contributed by atoms with Gasteiger partial charge in [0, 0.05) is 5.69 Å². The van der Waals surface area contributed by atoms with Gasteiger partial charge in [-0.15, -0.1) is 0 Å². The zero-order valence-electron chi connectivity index (χ0n) is 11.0. The van der Waals surface area contributed by atoms with Crippen molar-refractivity contribution >= 4 is 5.91 Å². The number of benzene rings is 1. The summed E-state index contributed by atoms with van der Waals surface area (Å²) in [6.45, 7) is 4.12. The third kappa shape index (κ3) is 3.31. The molecule has 2 rings (SSSR count). The third-order valence-corrected chi connectivity index (χ3v) is 2.77. The monoisotopic (exact) mass is 256 g/mol. The van der Waals surface area contributed by atoms with Crippen LogP contribution >= 0.6 is 0 Å². The van der Waals surface area contributed by atoms with E-state index in [1.54, 1.807) is 12.1 Å². The van der Waals surface area contributed by atoms with Gasteiger partial charge in [0.05, 0.1) is 17.8 Å². The number of hydrogen-bond acceptors (Lipinski definition) is 3. The maximum absolute atomic E-state index is 12.0. The van der Waals surface area contributed by atoms with Crippen molar-refractivity contribution in [2.24, 2.45) is 0 Å². The molecule has 0 saturated heterocycles. The smallest absolute Gasteiger partial charge is 0.255 e. The van der Waals surface area contributed by atoms with Gasteiger partial charge in [-0.25, -0.2) is 0 Å². The zero-order valence-corrected chi connectivity index (χ0v) is 11.0. The molecule has 1 heterocycles. The molecule has 0 aliphatic carbocycles. The number of aromatic hydroxyl groups is 1. The standard InChI is InChI=1S/C15H16N2O2/c1-10-6-7-14(18)13(8-10)15(19)16-9-12-5-3-4-11(2)17-12/h3-8,18H,9H2,1-2H3,(H,16,19). The normalized spacial score (nSPS) is 10.2. The molecule has 19 heavy (non-hydrogen) atoms. The summed E-state index contributed by atoms with van der Waals surface area (Å²) in [5, 5.41) is 12.4. The van der Waals surface area contributed by atoms with Crippen molar-refractivity contribution in [2.45, 2.75) is 20.4 Å². The Hall–Kier alpha value is -2.36. The average Bonchev–Trinajstić information content (AvgIpc) is 2.39. The van der Waals surface area contributed by atoms with Gasteiger partial charge in [0.15, 0.2) is 0 Å². The third-order valence-electron chi connectivity index (χ3n) is 2.77. The molecular weight excluding hydrogens is 240 g/mol. The molecular formula is C15H16N2O2. The van der Waals surface area contributed by atoms with Crippen LogP contribution in [0.3, 0.4) is 0 Å². The van der Waals surface area contributed by atoms with E-state index < -0.39 is 0 Å². The lowest BCUT2D eigenvalue weighted by Crippen LogP contribution is -2.23. The van der Waals surface area contributed by atoms with Crippen molar-refractivity contribution in [3.05, 3.63) is 58.9 Å². The molecule has 4 nitrogen and oxygen atoms in total. The molecule has 0 aliphatic rings. The topological polar surface area (TPSA) is 62.2 Å². The summed E-state index contributed by atoms with van der Waals surface area (Å²) >= 11 is 0. The van der Waals surface area contributed by atoms with Crippen LogP contribution in [0.15, 0.2) is 36.4 Å². The number of aromatic nitrogens is 1.